The highest BCUT2D eigenvalue weighted by atomic mass is 79.9. The number of aryl methyl sites for hydroxylation is 1. The van der Waals surface area contributed by atoms with Crippen LogP contribution in [0.2, 0.25) is 5.02 Å². The van der Waals surface area contributed by atoms with Crippen molar-refractivity contribution in [2.45, 2.75) is 11.8 Å². The van der Waals surface area contributed by atoms with Crippen LogP contribution in [0.15, 0.2) is 70.0 Å². The molecule has 0 heterocycles. The Morgan fingerprint density at radius 1 is 1.07 bits per heavy atom. The molecule has 0 aliphatic rings. The molecular weight excluding hydrogens is 483 g/mol. The van der Waals surface area contributed by atoms with E-state index in [0.29, 0.717) is 10.0 Å². The van der Waals surface area contributed by atoms with E-state index in [9.17, 15) is 17.6 Å². The second-order valence-electron chi connectivity index (χ2n) is 6.14. The van der Waals surface area contributed by atoms with Gasteiger partial charge in [-0.05, 0) is 55.0 Å². The summed E-state index contributed by atoms with van der Waals surface area (Å²) in [6, 6.07) is 14.8. The number of sulfonamides is 1. The number of para-hydroxylation sites is 1. The molecule has 0 saturated heterocycles. The summed E-state index contributed by atoms with van der Waals surface area (Å²) in [6.07, 6.45) is 0. The van der Waals surface area contributed by atoms with Gasteiger partial charge in [-0.3, -0.25) is 9.52 Å². The lowest BCUT2D eigenvalue weighted by atomic mass is 10.2. The number of benzene rings is 3. The van der Waals surface area contributed by atoms with Gasteiger partial charge in [-0.1, -0.05) is 45.7 Å². The number of hydrogen-bond donors (Lipinski definition) is 2. The minimum absolute atomic E-state index is 0.0371. The van der Waals surface area contributed by atoms with Crippen LogP contribution in [0.4, 0.5) is 15.8 Å². The van der Waals surface area contributed by atoms with Gasteiger partial charge in [0.05, 0.1) is 21.2 Å². The fourth-order valence-electron chi connectivity index (χ4n) is 2.58. The molecule has 0 fully saturated rings. The van der Waals surface area contributed by atoms with Gasteiger partial charge in [-0.25, -0.2) is 12.8 Å². The number of rotatable bonds is 5. The molecule has 0 atom stereocenters. The van der Waals surface area contributed by atoms with Gasteiger partial charge in [0.2, 0.25) is 0 Å². The summed E-state index contributed by atoms with van der Waals surface area (Å²) in [5, 5.41) is 2.78. The van der Waals surface area contributed by atoms with E-state index >= 15 is 0 Å². The van der Waals surface area contributed by atoms with Crippen LogP contribution < -0.4 is 10.0 Å². The van der Waals surface area contributed by atoms with Crippen molar-refractivity contribution < 1.29 is 17.6 Å². The normalized spacial score (nSPS) is 11.2. The van der Waals surface area contributed by atoms with E-state index in [1.165, 1.54) is 30.3 Å². The molecular formula is C20H15BrClFN2O3S. The third-order valence-corrected chi connectivity index (χ3v) is 6.36. The van der Waals surface area contributed by atoms with Crippen LogP contribution in [0, 0.1) is 12.7 Å². The lowest BCUT2D eigenvalue weighted by molar-refractivity contribution is 0.102. The van der Waals surface area contributed by atoms with Gasteiger partial charge in [0, 0.05) is 10.2 Å². The molecule has 3 rings (SSSR count). The van der Waals surface area contributed by atoms with Crippen LogP contribution in [0.1, 0.15) is 15.9 Å². The number of halogens is 3. The van der Waals surface area contributed by atoms with E-state index < -0.39 is 21.7 Å². The van der Waals surface area contributed by atoms with E-state index in [4.69, 9.17) is 11.6 Å². The summed E-state index contributed by atoms with van der Waals surface area (Å²) in [5.41, 5.74) is 0.744. The average molecular weight is 498 g/mol. The number of hydrogen-bond acceptors (Lipinski definition) is 3. The Morgan fingerprint density at radius 3 is 2.52 bits per heavy atom. The molecule has 0 spiro atoms. The van der Waals surface area contributed by atoms with E-state index in [0.717, 1.165) is 6.07 Å². The Balaban J connectivity index is 1.91. The Morgan fingerprint density at radius 2 is 1.79 bits per heavy atom. The molecule has 9 heteroatoms. The first-order valence-electron chi connectivity index (χ1n) is 8.32. The fraction of sp³-hybridized carbons (Fsp3) is 0.0500. The highest BCUT2D eigenvalue weighted by Gasteiger charge is 2.20. The highest BCUT2D eigenvalue weighted by molar-refractivity contribution is 9.10. The zero-order valence-electron chi connectivity index (χ0n) is 15.0. The van der Waals surface area contributed by atoms with Crippen molar-refractivity contribution in [3.05, 3.63) is 87.1 Å². The molecule has 2 N–H and O–H groups in total. The van der Waals surface area contributed by atoms with Crippen molar-refractivity contribution in [1.82, 2.24) is 0 Å². The van der Waals surface area contributed by atoms with Crippen LogP contribution in [0.3, 0.4) is 0 Å². The molecule has 0 radical (unpaired) electrons. The van der Waals surface area contributed by atoms with Gasteiger partial charge >= 0.3 is 0 Å². The molecule has 3 aromatic carbocycles. The minimum Gasteiger partial charge on any atom is -0.322 e. The smallest absolute Gasteiger partial charge is 0.262 e. The van der Waals surface area contributed by atoms with Crippen LogP contribution in [-0.4, -0.2) is 14.3 Å². The minimum atomic E-state index is -3.97. The first kappa shape index (κ1) is 21.3. The molecule has 3 aromatic rings. The van der Waals surface area contributed by atoms with Crippen LogP contribution >= 0.6 is 27.5 Å². The lowest BCUT2D eigenvalue weighted by Gasteiger charge is -2.13. The van der Waals surface area contributed by atoms with Crippen molar-refractivity contribution in [2.24, 2.45) is 0 Å². The summed E-state index contributed by atoms with van der Waals surface area (Å²) in [6.45, 7) is 1.63. The van der Waals surface area contributed by atoms with Crippen LogP contribution in [0.25, 0.3) is 0 Å². The van der Waals surface area contributed by atoms with Crippen LogP contribution in [0.5, 0.6) is 0 Å². The molecule has 0 aromatic heterocycles. The average Bonchev–Trinajstić information content (AvgIpc) is 2.66. The zero-order valence-corrected chi connectivity index (χ0v) is 18.2. The largest absolute Gasteiger partial charge is 0.322 e. The molecule has 5 nitrogen and oxygen atoms in total. The highest BCUT2D eigenvalue weighted by Crippen LogP contribution is 2.27. The van der Waals surface area contributed by atoms with Gasteiger partial charge in [0.1, 0.15) is 5.82 Å². The molecule has 1 amide bonds. The molecule has 0 bridgehead atoms. The summed E-state index contributed by atoms with van der Waals surface area (Å²) in [4.78, 5) is 12.4. The SMILES string of the molecule is Cc1ccc(NC(=O)c2cc(Br)ccc2F)cc1S(=O)(=O)Nc1ccccc1Cl. The van der Waals surface area contributed by atoms with Crippen molar-refractivity contribution in [3.8, 4) is 0 Å². The molecule has 0 aliphatic heterocycles. The molecule has 0 saturated carbocycles. The Kier molecular flexibility index (Phi) is 6.26. The molecule has 29 heavy (non-hydrogen) atoms. The topological polar surface area (TPSA) is 75.3 Å². The monoisotopic (exact) mass is 496 g/mol. The van der Waals surface area contributed by atoms with Crippen LogP contribution in [-0.2, 0) is 10.0 Å². The summed E-state index contributed by atoms with van der Waals surface area (Å²) in [5.74, 6) is -1.39. The van der Waals surface area contributed by atoms with Gasteiger partial charge in [-0.2, -0.15) is 0 Å². The summed E-state index contributed by atoms with van der Waals surface area (Å²) < 4.78 is 42.6. The maximum atomic E-state index is 13.9. The third-order valence-electron chi connectivity index (χ3n) is 4.03. The Labute approximate surface area is 181 Å². The Hall–Kier alpha value is -2.42. The maximum absolute atomic E-state index is 13.9. The zero-order chi connectivity index (χ0) is 21.2. The lowest BCUT2D eigenvalue weighted by Crippen LogP contribution is -2.17. The van der Waals surface area contributed by atoms with E-state index in [-0.39, 0.29) is 26.9 Å². The maximum Gasteiger partial charge on any atom is 0.262 e. The van der Waals surface area contributed by atoms with Crippen molar-refractivity contribution in [2.75, 3.05) is 10.0 Å². The second-order valence-corrected chi connectivity index (χ2v) is 9.12. The van der Waals surface area contributed by atoms with E-state index in [1.54, 1.807) is 31.2 Å². The second kappa shape index (κ2) is 8.52. The van der Waals surface area contributed by atoms with Crippen molar-refractivity contribution in [3.63, 3.8) is 0 Å². The molecule has 0 unspecified atom stereocenters. The predicted octanol–water partition coefficient (Wildman–Crippen LogP) is 5.60. The number of carbonyl (C=O) groups excluding carboxylic acids is 1. The standard InChI is InChI=1S/C20H15BrClFN2O3S/c1-12-6-8-14(24-20(26)15-10-13(21)7-9-17(15)23)11-19(12)29(27,28)25-18-5-3-2-4-16(18)22/h2-11,25H,1H3,(H,24,26). The predicted molar refractivity (Wildman–Crippen MR) is 115 cm³/mol. The first-order chi connectivity index (χ1) is 13.7. The fourth-order valence-corrected chi connectivity index (χ4v) is 4.53. The summed E-state index contributed by atoms with van der Waals surface area (Å²) >= 11 is 9.22. The third kappa shape index (κ3) is 4.95. The van der Waals surface area contributed by atoms with E-state index in [1.807, 2.05) is 0 Å². The molecule has 0 aliphatic carbocycles. The number of amides is 1. The van der Waals surface area contributed by atoms with Gasteiger partial charge < -0.3 is 5.32 Å². The number of carbonyl (C=O) groups is 1. The first-order valence-corrected chi connectivity index (χ1v) is 11.0. The summed E-state index contributed by atoms with van der Waals surface area (Å²) in [7, 11) is -3.97. The number of nitrogens with one attached hydrogen (secondary N) is 2. The Bertz CT molecular complexity index is 1200. The van der Waals surface area contributed by atoms with Gasteiger partial charge in [0.15, 0.2) is 0 Å². The van der Waals surface area contributed by atoms with Gasteiger partial charge in [-0.15, -0.1) is 0 Å². The van der Waals surface area contributed by atoms with E-state index in [2.05, 4.69) is 26.0 Å². The van der Waals surface area contributed by atoms with Crippen molar-refractivity contribution in [1.29, 1.82) is 0 Å². The molecule has 150 valence electrons. The van der Waals surface area contributed by atoms with Crippen molar-refractivity contribution >= 4 is 54.8 Å². The van der Waals surface area contributed by atoms with Gasteiger partial charge in [0.25, 0.3) is 15.9 Å². The number of anilines is 2. The quantitative estimate of drug-likeness (QED) is 0.481.